The molecule has 3 aliphatic carbocycles. The summed E-state index contributed by atoms with van der Waals surface area (Å²) in [5, 5.41) is 19.4. The Kier molecular flexibility index (Phi) is 10.3. The topological polar surface area (TPSA) is 169 Å². The van der Waals surface area contributed by atoms with E-state index in [9.17, 15) is 24.3 Å². The van der Waals surface area contributed by atoms with Crippen molar-refractivity contribution in [2.75, 3.05) is 13.7 Å². The lowest BCUT2D eigenvalue weighted by Crippen LogP contribution is -2.59. The highest BCUT2D eigenvalue weighted by Gasteiger charge is 2.61. The lowest BCUT2D eigenvalue weighted by Gasteiger charge is -2.35. The zero-order valence-corrected chi connectivity index (χ0v) is 33.5. The molecule has 3 heterocycles. The van der Waals surface area contributed by atoms with Crippen molar-refractivity contribution in [2.24, 2.45) is 23.2 Å². The molecule has 0 radical (unpaired) electrons. The Balaban J connectivity index is 1.21. The molecule has 4 aliphatic rings. The lowest BCUT2D eigenvalue weighted by molar-refractivity contribution is -0.146. The second-order valence-electron chi connectivity index (χ2n) is 16.7. The molecule has 0 spiro atoms. The van der Waals surface area contributed by atoms with Crippen LogP contribution in [0.2, 0.25) is 5.02 Å². The van der Waals surface area contributed by atoms with E-state index >= 15 is 0 Å². The molecule has 294 valence electrons. The molecular formula is C40H48ClN5O8S. The molecule has 0 unspecified atom stereocenters. The van der Waals surface area contributed by atoms with Crippen LogP contribution in [-0.4, -0.2) is 87.3 Å². The summed E-state index contributed by atoms with van der Waals surface area (Å²) in [6, 6.07) is 3.08. The van der Waals surface area contributed by atoms with Gasteiger partial charge in [0.25, 0.3) is 0 Å². The Labute approximate surface area is 329 Å². The number of fused-ring (bicyclic) bond motifs is 2. The van der Waals surface area contributed by atoms with Crippen molar-refractivity contribution in [3.63, 3.8) is 0 Å². The molecule has 4 fully saturated rings. The van der Waals surface area contributed by atoms with Gasteiger partial charge in [0, 0.05) is 35.1 Å². The quantitative estimate of drug-likeness (QED) is 0.170. The van der Waals surface area contributed by atoms with E-state index in [-0.39, 0.29) is 36.4 Å². The van der Waals surface area contributed by atoms with Gasteiger partial charge < -0.3 is 34.9 Å². The average molecular weight is 794 g/mol. The van der Waals surface area contributed by atoms with Gasteiger partial charge in [-0.3, -0.25) is 9.59 Å². The number of hydrogen-bond acceptors (Lipinski definition) is 10. The number of carboxylic acids is 1. The van der Waals surface area contributed by atoms with Crippen molar-refractivity contribution in [3.05, 3.63) is 46.3 Å². The van der Waals surface area contributed by atoms with Crippen molar-refractivity contribution in [1.82, 2.24) is 25.5 Å². The predicted molar refractivity (Wildman–Crippen MR) is 207 cm³/mol. The van der Waals surface area contributed by atoms with Crippen LogP contribution < -0.4 is 20.1 Å². The third-order valence-electron chi connectivity index (χ3n) is 11.4. The van der Waals surface area contributed by atoms with E-state index in [1.807, 2.05) is 26.2 Å². The molecule has 1 saturated heterocycles. The molecule has 3 amide bonds. The standard InChI is InChI=1S/C40H48ClN5O8S/c1-8-22-16-40(22,37(49)50)45-34(47)28-14-24(17-46(28)36(48)33(39(4,5)6)44-38(51)54-23-12-20-11-21(20)13-23)53-30-15-26(27-18-55-35(43-27)19(2)3)42-32-25(30)9-10-29(52-7)31(32)41/h8-10,15,18-24,28,33H,1,11-14,16-17H2,2-7H3,(H,44,51)(H,45,47)(H,49,50)/t20-,21+,22-,23+,24-,28+,33-,40-/m1/s1. The summed E-state index contributed by atoms with van der Waals surface area (Å²) in [4.78, 5) is 65.4. The first-order chi connectivity index (χ1) is 26.0. The van der Waals surface area contributed by atoms with Gasteiger partial charge in [0.15, 0.2) is 0 Å². The fourth-order valence-corrected chi connectivity index (χ4v) is 9.13. The summed E-state index contributed by atoms with van der Waals surface area (Å²) in [5.74, 6) is -0.542. The van der Waals surface area contributed by atoms with Gasteiger partial charge in [0.05, 0.1) is 29.9 Å². The van der Waals surface area contributed by atoms with Crippen LogP contribution in [0.4, 0.5) is 4.79 Å². The number of nitrogens with zero attached hydrogens (tertiary/aromatic N) is 3. The summed E-state index contributed by atoms with van der Waals surface area (Å²) in [7, 11) is 1.52. The number of nitrogens with one attached hydrogen (secondary N) is 2. The number of aromatic nitrogens is 2. The summed E-state index contributed by atoms with van der Waals surface area (Å²) < 4.78 is 17.9. The minimum absolute atomic E-state index is 0.0333. The number of ether oxygens (including phenoxy) is 3. The van der Waals surface area contributed by atoms with Crippen molar-refractivity contribution in [3.8, 4) is 22.9 Å². The third kappa shape index (κ3) is 7.59. The minimum atomic E-state index is -1.52. The number of pyridine rings is 1. The Morgan fingerprint density at radius 1 is 1.07 bits per heavy atom. The Morgan fingerprint density at radius 3 is 2.40 bits per heavy atom. The molecular weight excluding hydrogens is 746 g/mol. The number of carboxylic acid groups (broad SMARTS) is 1. The molecule has 7 rings (SSSR count). The van der Waals surface area contributed by atoms with Crippen LogP contribution >= 0.6 is 22.9 Å². The second kappa shape index (κ2) is 14.6. The summed E-state index contributed by atoms with van der Waals surface area (Å²) in [6.07, 6.45) is 2.94. The van der Waals surface area contributed by atoms with E-state index in [0.29, 0.717) is 45.6 Å². The fourth-order valence-electron chi connectivity index (χ4n) is 8.01. The summed E-state index contributed by atoms with van der Waals surface area (Å²) in [5.41, 5.74) is -0.719. The van der Waals surface area contributed by atoms with Gasteiger partial charge in [0.2, 0.25) is 11.8 Å². The number of likely N-dealkylation sites (tertiary alicyclic amines) is 1. The maximum atomic E-state index is 14.6. The third-order valence-corrected chi connectivity index (χ3v) is 12.9. The first-order valence-corrected chi connectivity index (χ1v) is 20.0. The number of alkyl carbamates (subject to hydrolysis) is 1. The van der Waals surface area contributed by atoms with Crippen LogP contribution in [0.15, 0.2) is 36.2 Å². The molecule has 3 N–H and O–H groups in total. The highest BCUT2D eigenvalue weighted by molar-refractivity contribution is 7.10. The highest BCUT2D eigenvalue weighted by atomic mass is 35.5. The van der Waals surface area contributed by atoms with Gasteiger partial charge in [-0.2, -0.15) is 0 Å². The average Bonchev–Trinajstić information content (AvgIpc) is 3.77. The molecule has 2 aromatic heterocycles. The first-order valence-electron chi connectivity index (χ1n) is 18.8. The van der Waals surface area contributed by atoms with Crippen LogP contribution in [0, 0.1) is 23.2 Å². The second-order valence-corrected chi connectivity index (χ2v) is 18.0. The van der Waals surface area contributed by atoms with Crippen molar-refractivity contribution in [1.29, 1.82) is 0 Å². The van der Waals surface area contributed by atoms with Crippen molar-refractivity contribution in [2.45, 2.75) is 102 Å². The van der Waals surface area contributed by atoms with Crippen LogP contribution in [0.3, 0.4) is 0 Å². The maximum Gasteiger partial charge on any atom is 0.408 e. The molecule has 13 nitrogen and oxygen atoms in total. The monoisotopic (exact) mass is 793 g/mol. The number of carbonyl (C=O) groups excluding carboxylic acids is 3. The van der Waals surface area contributed by atoms with Gasteiger partial charge in [-0.05, 0) is 55.1 Å². The number of aliphatic carboxylic acids is 1. The van der Waals surface area contributed by atoms with Crippen LogP contribution in [0.5, 0.6) is 11.5 Å². The molecule has 3 saturated carbocycles. The summed E-state index contributed by atoms with van der Waals surface area (Å²) in [6.45, 7) is 13.3. The van der Waals surface area contributed by atoms with E-state index in [2.05, 4.69) is 31.1 Å². The smallest absolute Gasteiger partial charge is 0.408 e. The van der Waals surface area contributed by atoms with Crippen molar-refractivity contribution >= 4 is 57.7 Å². The molecule has 0 bridgehead atoms. The maximum absolute atomic E-state index is 14.6. The molecule has 8 atom stereocenters. The zero-order valence-electron chi connectivity index (χ0n) is 31.9. The van der Waals surface area contributed by atoms with E-state index in [1.54, 1.807) is 18.2 Å². The SMILES string of the molecule is C=C[C@@H]1C[C@]1(NC(=O)[C@@H]1C[C@@H](Oc2cc(-c3csc(C(C)C)n3)nc3c(Cl)c(OC)ccc23)CN1C(=O)[C@@H](NC(=O)O[C@@H]1C[C@@H]2C[C@@H]2C1)C(C)(C)C)C(=O)O. The highest BCUT2D eigenvalue weighted by Crippen LogP contribution is 2.52. The fraction of sp³-hybridized carbons (Fsp3) is 0.550. The molecule has 3 aromatic rings. The predicted octanol–water partition coefficient (Wildman–Crippen LogP) is 6.58. The number of thiazole rings is 1. The number of methoxy groups -OCH3 is 1. The van der Waals surface area contributed by atoms with E-state index < -0.39 is 58.9 Å². The number of amides is 3. The molecule has 15 heteroatoms. The summed E-state index contributed by atoms with van der Waals surface area (Å²) >= 11 is 8.33. The Hall–Kier alpha value is -4.43. The van der Waals surface area contributed by atoms with Crippen molar-refractivity contribution < 1.29 is 38.5 Å². The molecule has 1 aliphatic heterocycles. The van der Waals surface area contributed by atoms with Gasteiger partial charge in [-0.1, -0.05) is 52.3 Å². The number of hydrogen-bond donors (Lipinski definition) is 3. The normalized spacial score (nSPS) is 27.3. The van der Waals surface area contributed by atoms with Gasteiger partial charge >= 0.3 is 12.1 Å². The number of rotatable bonds is 12. The van der Waals surface area contributed by atoms with Gasteiger partial charge in [-0.15, -0.1) is 17.9 Å². The lowest BCUT2D eigenvalue weighted by atomic mass is 9.85. The van der Waals surface area contributed by atoms with E-state index in [0.717, 1.165) is 17.8 Å². The van der Waals surface area contributed by atoms with Gasteiger partial charge in [-0.25, -0.2) is 19.6 Å². The minimum Gasteiger partial charge on any atom is -0.495 e. The van der Waals surface area contributed by atoms with Crippen LogP contribution in [-0.2, 0) is 19.1 Å². The number of benzene rings is 1. The van der Waals surface area contributed by atoms with Crippen LogP contribution in [0.1, 0.15) is 77.6 Å². The van der Waals surface area contributed by atoms with Crippen LogP contribution in [0.25, 0.3) is 22.3 Å². The van der Waals surface area contributed by atoms with E-state index in [1.165, 1.54) is 35.8 Å². The Morgan fingerprint density at radius 2 is 1.80 bits per heavy atom. The number of carbonyl (C=O) groups is 4. The van der Waals surface area contributed by atoms with Gasteiger partial charge in [0.1, 0.15) is 52.0 Å². The molecule has 1 aromatic carbocycles. The largest absolute Gasteiger partial charge is 0.495 e. The number of halogens is 1. The first kappa shape index (κ1) is 38.8. The molecule has 55 heavy (non-hydrogen) atoms. The van der Waals surface area contributed by atoms with E-state index in [4.69, 9.17) is 35.8 Å². The zero-order chi connectivity index (χ0) is 39.6. The Bertz CT molecular complexity index is 2040.